The number of aromatic hydroxyl groups is 4. The zero-order valence-corrected chi connectivity index (χ0v) is 49.4. The van der Waals surface area contributed by atoms with Crippen molar-refractivity contribution < 1.29 is 44.5 Å². The summed E-state index contributed by atoms with van der Waals surface area (Å²) >= 11 is 3.30. The van der Waals surface area contributed by atoms with Crippen LogP contribution in [0.4, 0.5) is 49.9 Å². The first-order valence-electron chi connectivity index (χ1n) is 27.0. The fraction of sp³-hybridized carbons (Fsp3) is 0.0968. The van der Waals surface area contributed by atoms with Crippen molar-refractivity contribution in [2.75, 3.05) is 0 Å². The molecule has 0 aliphatic rings. The third kappa shape index (κ3) is 13.3. The molecule has 0 spiro atoms. The Bertz CT molecular complexity index is 4780. The van der Waals surface area contributed by atoms with E-state index in [1.54, 1.807) is 48.5 Å². The topological polar surface area (TPSA) is 391 Å². The van der Waals surface area contributed by atoms with E-state index in [1.165, 1.54) is 91.1 Å². The van der Waals surface area contributed by atoms with E-state index < -0.39 is 19.7 Å². The van der Waals surface area contributed by atoms with Crippen LogP contribution in [0, 0.1) is 79.8 Å². The van der Waals surface area contributed by atoms with Crippen LogP contribution in [0.15, 0.2) is 195 Å². The predicted molar refractivity (Wildman–Crippen MR) is 342 cm³/mol. The summed E-state index contributed by atoms with van der Waals surface area (Å²) in [6.07, 6.45) is 0. The van der Waals surface area contributed by atoms with E-state index in [0.717, 1.165) is 26.7 Å². The predicted octanol–water partition coefficient (Wildman–Crippen LogP) is 16.3. The molecule has 0 atom stereocenters. The van der Waals surface area contributed by atoms with Gasteiger partial charge >= 0.3 is 0 Å². The zero-order valence-electron chi connectivity index (χ0n) is 47.8. The quantitative estimate of drug-likeness (QED) is 0.0396. The van der Waals surface area contributed by atoms with Crippen molar-refractivity contribution in [3.63, 3.8) is 0 Å². The Morgan fingerprint density at radius 3 is 1.16 bits per heavy atom. The van der Waals surface area contributed by atoms with E-state index in [-0.39, 0.29) is 104 Å². The molecule has 12 aromatic rings. The van der Waals surface area contributed by atoms with Crippen LogP contribution in [0.25, 0.3) is 43.6 Å². The third-order valence-electron chi connectivity index (χ3n) is 14.6. The monoisotopic (exact) mass is 1310 g/mol. The maximum absolute atomic E-state index is 13.0. The van der Waals surface area contributed by atoms with Crippen molar-refractivity contribution in [1.29, 1.82) is 0 Å². The average molecular weight is 1310 g/mol. The molecule has 0 saturated heterocycles. The van der Waals surface area contributed by atoms with Gasteiger partial charge in [0.2, 0.25) is 23.5 Å². The van der Waals surface area contributed by atoms with Gasteiger partial charge in [0.15, 0.2) is 22.7 Å². The highest BCUT2D eigenvalue weighted by atomic mass is 79.9. The molecule has 0 aliphatic heterocycles. The fourth-order valence-corrected chi connectivity index (χ4v) is 10.6. The summed E-state index contributed by atoms with van der Waals surface area (Å²) in [5, 5.41) is 97.3. The lowest BCUT2D eigenvalue weighted by atomic mass is 10.1. The number of hydrogen-bond donors (Lipinski definition) is 4. The van der Waals surface area contributed by atoms with Crippen molar-refractivity contribution in [3.05, 3.63) is 274 Å². The molecule has 0 unspecified atom stereocenters. The van der Waals surface area contributed by atoms with Gasteiger partial charge in [-0.05, 0) is 99.8 Å². The third-order valence-corrected chi connectivity index (χ3v) is 15.1. The highest BCUT2D eigenvalue weighted by Gasteiger charge is 2.25. The molecule has 30 heteroatoms. The minimum atomic E-state index is -0.595. The molecule has 28 nitrogen and oxygen atoms in total. The SMILES string of the molecule is Cc1ccc(Cn2c(O)c(N=O)c3cc([N+](=O)[O-])ccc32)cc1.Cc1cccc(Cn2c(O)c(N=O)c3cc([N+](=O)[O-])ccc32)c1.O=Nc1c(O)n(Cc2ccc(F)cc2)c2ccc([N+](=O)[O-])cc12.O=Nc1c(O)n(Cc2ccccc2[N+](=O)[O-])c2ccc(Br)cc12. The zero-order chi connectivity index (χ0) is 66.2. The molecule has 0 fully saturated rings. The van der Waals surface area contributed by atoms with Gasteiger partial charge in [-0.15, -0.1) is 19.6 Å². The Labute approximate surface area is 523 Å². The van der Waals surface area contributed by atoms with Gasteiger partial charge in [0.05, 0.1) is 67.9 Å². The van der Waals surface area contributed by atoms with E-state index in [2.05, 4.69) is 36.6 Å². The van der Waals surface area contributed by atoms with Crippen molar-refractivity contribution in [1.82, 2.24) is 18.3 Å². The summed E-state index contributed by atoms with van der Waals surface area (Å²) in [6.45, 7) is 4.80. The normalized spacial score (nSPS) is 10.8. The first kappa shape index (κ1) is 64.0. The van der Waals surface area contributed by atoms with Gasteiger partial charge in [-0.2, -0.15) is 0 Å². The summed E-state index contributed by atoms with van der Waals surface area (Å²) in [4.78, 5) is 85.7. The van der Waals surface area contributed by atoms with Gasteiger partial charge < -0.3 is 38.7 Å². The van der Waals surface area contributed by atoms with Crippen LogP contribution in [-0.4, -0.2) is 58.4 Å². The number of nitro groups is 4. The number of halogens is 2. The Balaban J connectivity index is 0.000000145. The Morgan fingerprint density at radius 1 is 0.402 bits per heavy atom. The van der Waals surface area contributed by atoms with Gasteiger partial charge in [0.1, 0.15) is 5.82 Å². The molecule has 92 heavy (non-hydrogen) atoms. The van der Waals surface area contributed by atoms with Gasteiger partial charge in [-0.3, -0.25) is 40.5 Å². The lowest BCUT2D eigenvalue weighted by Crippen LogP contribution is -2.02. The Kier molecular flexibility index (Phi) is 19.0. The van der Waals surface area contributed by atoms with Crippen molar-refractivity contribution in [2.24, 2.45) is 20.7 Å². The number of nitro benzene ring substituents is 4. The molecule has 464 valence electrons. The molecule has 4 N–H and O–H groups in total. The summed E-state index contributed by atoms with van der Waals surface area (Å²) in [7, 11) is 0. The van der Waals surface area contributed by atoms with Crippen LogP contribution >= 0.6 is 15.9 Å². The molecule has 0 amide bonds. The second-order valence-corrected chi connectivity index (χ2v) is 21.3. The van der Waals surface area contributed by atoms with Crippen LogP contribution in [0.3, 0.4) is 0 Å². The second-order valence-electron chi connectivity index (χ2n) is 20.4. The molecular weight excluding hydrogens is 1270 g/mol. The number of non-ortho nitro benzene ring substituents is 3. The summed E-state index contributed by atoms with van der Waals surface area (Å²) in [5.41, 5.74) is 5.91. The highest BCUT2D eigenvalue weighted by Crippen LogP contribution is 2.44. The van der Waals surface area contributed by atoms with Gasteiger partial charge in [0.25, 0.3) is 22.7 Å². The van der Waals surface area contributed by atoms with Crippen LogP contribution in [0.1, 0.15) is 33.4 Å². The Hall–Kier alpha value is -12.5. The maximum Gasteiger partial charge on any atom is 0.274 e. The molecular formula is C62H46BrFN12O16. The molecule has 0 saturated carbocycles. The minimum Gasteiger partial charge on any atom is -0.493 e. The number of aryl methyl sites for hydroxylation is 2. The molecule has 0 radical (unpaired) electrons. The number of para-hydroxylation sites is 1. The van der Waals surface area contributed by atoms with Gasteiger partial charge in [0, 0.05) is 74.0 Å². The number of hydrogen-bond acceptors (Lipinski definition) is 20. The summed E-state index contributed by atoms with van der Waals surface area (Å²) < 4.78 is 19.6. The molecule has 4 aromatic heterocycles. The fourth-order valence-electron chi connectivity index (χ4n) is 10.2. The molecule has 0 aliphatic carbocycles. The van der Waals surface area contributed by atoms with Crippen molar-refractivity contribution in [3.8, 4) is 23.5 Å². The highest BCUT2D eigenvalue weighted by molar-refractivity contribution is 9.10. The lowest BCUT2D eigenvalue weighted by molar-refractivity contribution is -0.385. The first-order valence-corrected chi connectivity index (χ1v) is 27.8. The smallest absolute Gasteiger partial charge is 0.274 e. The first-order chi connectivity index (χ1) is 44.0. The summed E-state index contributed by atoms with van der Waals surface area (Å²) in [5.74, 6) is -1.68. The van der Waals surface area contributed by atoms with E-state index in [4.69, 9.17) is 0 Å². The van der Waals surface area contributed by atoms with Gasteiger partial charge in [-0.1, -0.05) is 106 Å². The number of aromatic nitrogens is 4. The van der Waals surface area contributed by atoms with Crippen LogP contribution < -0.4 is 0 Å². The largest absolute Gasteiger partial charge is 0.493 e. The molecule has 4 heterocycles. The average Bonchev–Trinajstić information content (AvgIpc) is 1.65. The summed E-state index contributed by atoms with van der Waals surface area (Å²) in [6, 6.07) is 44.6. The van der Waals surface area contributed by atoms with E-state index in [1.807, 2.05) is 62.4 Å². The molecule has 0 bridgehead atoms. The number of benzene rings is 8. The van der Waals surface area contributed by atoms with E-state index in [0.29, 0.717) is 51.7 Å². The van der Waals surface area contributed by atoms with Crippen LogP contribution in [0.5, 0.6) is 23.5 Å². The van der Waals surface area contributed by atoms with E-state index in [9.17, 15) is 84.9 Å². The maximum atomic E-state index is 13.0. The second kappa shape index (κ2) is 27.3. The minimum absolute atomic E-state index is 0.0496. The number of nitrogens with zero attached hydrogens (tertiary/aromatic N) is 12. The van der Waals surface area contributed by atoms with Crippen molar-refractivity contribution >= 4 is 105 Å². The molecule has 12 rings (SSSR count). The number of rotatable bonds is 16. The lowest BCUT2D eigenvalue weighted by Gasteiger charge is -2.07. The van der Waals surface area contributed by atoms with Crippen molar-refractivity contribution in [2.45, 2.75) is 40.0 Å². The van der Waals surface area contributed by atoms with E-state index >= 15 is 0 Å². The number of fused-ring (bicyclic) bond motifs is 4. The van der Waals surface area contributed by atoms with Crippen LogP contribution in [-0.2, 0) is 26.2 Å². The Morgan fingerprint density at radius 2 is 0.772 bits per heavy atom. The number of nitroso groups, excluding NO2 is 4. The van der Waals surface area contributed by atoms with Crippen LogP contribution in [0.2, 0.25) is 0 Å². The van der Waals surface area contributed by atoms with Gasteiger partial charge in [-0.25, -0.2) is 4.39 Å². The standard InChI is InChI=1S/2C16H13N3O4.C15H10BrN3O4.C15H10FN3O4/c1-10-2-4-11(5-3-10)9-18-14-7-6-12(19(22)23)8-13(14)15(17-21)16(18)20;1-10-3-2-4-11(7-10)9-18-14-6-5-12(19(22)23)8-13(14)15(17-21)16(18)20;16-10-5-6-13-11(7-10)14(17-21)15(20)18(13)8-9-3-1-2-4-12(9)19(22)23;16-10-3-1-9(2-4-10)8-18-13-6-5-11(19(22)23)7-12(13)14(17-21)15(18)20/h2*2-8,20H,9H2,1H3;2*1-7,20H,8H2. The molecule has 8 aromatic carbocycles.